The van der Waals surface area contributed by atoms with Crippen LogP contribution in [0, 0.1) is 5.41 Å². The van der Waals surface area contributed by atoms with E-state index in [1.807, 2.05) is 86.4 Å². The first-order valence-corrected chi connectivity index (χ1v) is 21.6. The number of hydrogen-bond acceptors (Lipinski definition) is 12. The summed E-state index contributed by atoms with van der Waals surface area (Å²) in [5.41, 5.74) is -1.11. The lowest BCUT2D eigenvalue weighted by Gasteiger charge is -2.23. The lowest BCUT2D eigenvalue weighted by molar-refractivity contribution is -0.0328. The maximum absolute atomic E-state index is 8.50. The van der Waals surface area contributed by atoms with E-state index in [1.54, 1.807) is 0 Å². The highest BCUT2D eigenvalue weighted by Gasteiger charge is 2.26. The Morgan fingerprint density at radius 3 is 0.515 bits per heavy atom. The van der Waals surface area contributed by atoms with Crippen LogP contribution in [-0.2, 0) is 0 Å². The molecule has 12 heteroatoms. The van der Waals surface area contributed by atoms with Gasteiger partial charge in [-0.05, 0) is 51.4 Å². The van der Waals surface area contributed by atoms with Gasteiger partial charge in [-0.25, -0.2) is 0 Å². The maximum atomic E-state index is 8.50. The summed E-state index contributed by atoms with van der Waals surface area (Å²) in [6.45, 7) is -1.62. The third-order valence-corrected chi connectivity index (χ3v) is 14.8. The Hall–Kier alpha value is 2.64. The Morgan fingerprint density at radius 1 is 0.333 bits per heavy atom. The van der Waals surface area contributed by atoms with Crippen molar-refractivity contribution in [1.82, 2.24) is 0 Å². The molecular formula is C21H44O4S8. The molecule has 33 heavy (non-hydrogen) atoms. The Kier molecular flexibility index (Phi) is 31.5. The summed E-state index contributed by atoms with van der Waals surface area (Å²) in [4.78, 5) is 0. The van der Waals surface area contributed by atoms with Crippen molar-refractivity contribution in [3.05, 3.63) is 0 Å². The third kappa shape index (κ3) is 24.7. The summed E-state index contributed by atoms with van der Waals surface area (Å²) < 4.78 is 0. The van der Waals surface area contributed by atoms with Crippen molar-refractivity contribution in [3.8, 4) is 0 Å². The van der Waals surface area contributed by atoms with Gasteiger partial charge in [0.1, 0.15) is 0 Å². The SMILES string of the molecule is C1CCSSC1.C1CCSSC1.C1CCSSC1.C1CCSSC1.OCC(CO)(CO)CO. The molecule has 4 aliphatic rings. The molecule has 0 bridgehead atoms. The van der Waals surface area contributed by atoms with Crippen molar-refractivity contribution in [2.75, 3.05) is 72.5 Å². The zero-order valence-electron chi connectivity index (χ0n) is 19.7. The fourth-order valence-electron chi connectivity index (χ4n) is 2.06. The van der Waals surface area contributed by atoms with Crippen LogP contribution in [0.5, 0.6) is 0 Å². The number of aliphatic hydroxyl groups excluding tert-OH is 4. The fourth-order valence-corrected chi connectivity index (χ4v) is 11.2. The van der Waals surface area contributed by atoms with E-state index < -0.39 is 31.8 Å². The minimum atomic E-state index is -1.11. The molecule has 4 heterocycles. The molecule has 0 spiro atoms. The average Bonchev–Trinajstić information content (AvgIpc) is 2.96. The lowest BCUT2D eigenvalue weighted by Crippen LogP contribution is -2.37. The predicted molar refractivity (Wildman–Crippen MR) is 167 cm³/mol. The van der Waals surface area contributed by atoms with Gasteiger partial charge in [0.2, 0.25) is 0 Å². The first-order valence-electron chi connectivity index (χ1n) is 11.7. The number of aliphatic hydroxyl groups is 4. The van der Waals surface area contributed by atoms with Gasteiger partial charge >= 0.3 is 0 Å². The molecule has 0 amide bonds. The van der Waals surface area contributed by atoms with Crippen molar-refractivity contribution < 1.29 is 20.4 Å². The van der Waals surface area contributed by atoms with Gasteiger partial charge < -0.3 is 20.4 Å². The smallest absolute Gasteiger partial charge is 0.0627 e. The van der Waals surface area contributed by atoms with Crippen LogP contribution >= 0.6 is 86.4 Å². The molecule has 4 rings (SSSR count). The van der Waals surface area contributed by atoms with Gasteiger partial charge in [0.15, 0.2) is 0 Å². The van der Waals surface area contributed by atoms with Crippen LogP contribution in [-0.4, -0.2) is 92.9 Å². The summed E-state index contributed by atoms with van der Waals surface area (Å²) >= 11 is 0. The normalized spacial score (nSPS) is 20.7. The van der Waals surface area contributed by atoms with Crippen LogP contribution < -0.4 is 0 Å². The highest BCUT2D eigenvalue weighted by molar-refractivity contribution is 8.77. The van der Waals surface area contributed by atoms with E-state index >= 15 is 0 Å². The van der Waals surface area contributed by atoms with Crippen LogP contribution in [0.1, 0.15) is 51.4 Å². The van der Waals surface area contributed by atoms with Gasteiger partial charge in [0.25, 0.3) is 0 Å². The quantitative estimate of drug-likeness (QED) is 0.257. The minimum Gasteiger partial charge on any atom is -0.396 e. The van der Waals surface area contributed by atoms with Crippen LogP contribution in [0.3, 0.4) is 0 Å². The highest BCUT2D eigenvalue weighted by atomic mass is 33.1. The van der Waals surface area contributed by atoms with Crippen molar-refractivity contribution in [1.29, 1.82) is 0 Å². The number of rotatable bonds is 4. The first kappa shape index (κ1) is 35.6. The summed E-state index contributed by atoms with van der Waals surface area (Å²) in [7, 11) is 16.1. The maximum Gasteiger partial charge on any atom is 0.0627 e. The Labute approximate surface area is 234 Å². The zero-order chi connectivity index (χ0) is 24.3. The summed E-state index contributed by atoms with van der Waals surface area (Å²) in [6, 6.07) is 0. The average molecular weight is 617 g/mol. The minimum absolute atomic E-state index is 0.406. The van der Waals surface area contributed by atoms with E-state index in [4.69, 9.17) is 20.4 Å². The zero-order valence-corrected chi connectivity index (χ0v) is 26.2. The third-order valence-electron chi connectivity index (χ3n) is 4.50. The fraction of sp³-hybridized carbons (Fsp3) is 1.00. The second-order valence-electron chi connectivity index (χ2n) is 7.54. The van der Waals surface area contributed by atoms with Crippen molar-refractivity contribution in [3.63, 3.8) is 0 Å². The lowest BCUT2D eigenvalue weighted by atomic mass is 9.93. The second-order valence-corrected chi connectivity index (χ2v) is 18.3. The van der Waals surface area contributed by atoms with Gasteiger partial charge in [-0.3, -0.25) is 0 Å². The Balaban J connectivity index is 0.000000391. The molecule has 0 atom stereocenters. The number of hydrogen-bond donors (Lipinski definition) is 4. The Bertz CT molecular complexity index is 255. The van der Waals surface area contributed by atoms with Gasteiger partial charge in [0.05, 0.1) is 31.8 Å². The van der Waals surface area contributed by atoms with Gasteiger partial charge in [-0.15, -0.1) is 0 Å². The van der Waals surface area contributed by atoms with Crippen molar-refractivity contribution in [2.24, 2.45) is 5.41 Å². The van der Waals surface area contributed by atoms with Gasteiger partial charge in [-0.1, -0.05) is 86.4 Å². The van der Waals surface area contributed by atoms with Crippen LogP contribution in [0.4, 0.5) is 0 Å². The molecule has 4 nitrogen and oxygen atoms in total. The van der Waals surface area contributed by atoms with Crippen LogP contribution in [0.2, 0.25) is 0 Å². The van der Waals surface area contributed by atoms with Crippen molar-refractivity contribution in [2.45, 2.75) is 51.4 Å². The molecule has 0 aromatic heterocycles. The molecule has 200 valence electrons. The highest BCUT2D eigenvalue weighted by Crippen LogP contribution is 2.30. The van der Waals surface area contributed by atoms with E-state index in [1.165, 1.54) is 97.4 Å². The van der Waals surface area contributed by atoms with E-state index in [2.05, 4.69) is 0 Å². The van der Waals surface area contributed by atoms with E-state index in [-0.39, 0.29) is 0 Å². The molecule has 0 radical (unpaired) electrons. The predicted octanol–water partition coefficient (Wildman–Crippen LogP) is 6.59. The molecule has 0 aliphatic carbocycles. The molecule has 0 unspecified atom stereocenters. The molecule has 0 aromatic carbocycles. The summed E-state index contributed by atoms with van der Waals surface area (Å²) in [5, 5.41) is 34.0. The monoisotopic (exact) mass is 616 g/mol. The molecular weight excluding hydrogens is 573 g/mol. The molecule has 0 aromatic rings. The molecule has 4 aliphatic heterocycles. The van der Waals surface area contributed by atoms with Gasteiger partial charge in [0, 0.05) is 46.0 Å². The summed E-state index contributed by atoms with van der Waals surface area (Å²) in [5.74, 6) is 11.0. The molecule has 4 N–H and O–H groups in total. The second kappa shape index (κ2) is 29.2. The molecule has 4 fully saturated rings. The van der Waals surface area contributed by atoms with Crippen molar-refractivity contribution >= 4 is 86.4 Å². The topological polar surface area (TPSA) is 80.9 Å². The van der Waals surface area contributed by atoms with E-state index in [0.717, 1.165) is 0 Å². The standard InChI is InChI=1S/C5H12O4.4C4H8S2/c6-1-5(2-7,3-8)4-9;4*1-2-4-6-5-3-1/h6-9H,1-4H2;4*1-4H2. The largest absolute Gasteiger partial charge is 0.396 e. The first-order chi connectivity index (χ1) is 16.2. The van der Waals surface area contributed by atoms with Gasteiger partial charge in [-0.2, -0.15) is 0 Å². The van der Waals surface area contributed by atoms with E-state index in [9.17, 15) is 0 Å². The Morgan fingerprint density at radius 2 is 0.485 bits per heavy atom. The molecule has 4 saturated heterocycles. The molecule has 0 saturated carbocycles. The van der Waals surface area contributed by atoms with Crippen LogP contribution in [0.25, 0.3) is 0 Å². The summed E-state index contributed by atoms with van der Waals surface area (Å²) in [6.07, 6.45) is 11.5. The van der Waals surface area contributed by atoms with Crippen LogP contribution in [0.15, 0.2) is 0 Å². The van der Waals surface area contributed by atoms with E-state index in [0.29, 0.717) is 0 Å².